The van der Waals surface area contributed by atoms with E-state index in [1.54, 1.807) is 0 Å². The molecule has 0 aromatic heterocycles. The first kappa shape index (κ1) is 13.7. The SMILES string of the molecule is Cc1ccc(Cl)cc1C(N)c1ccc2c(c1)CCCC2. The highest BCUT2D eigenvalue weighted by Crippen LogP contribution is 2.29. The lowest BCUT2D eigenvalue weighted by Crippen LogP contribution is -2.14. The summed E-state index contributed by atoms with van der Waals surface area (Å²) in [5.74, 6) is 0. The molecule has 104 valence electrons. The van der Waals surface area contributed by atoms with Gasteiger partial charge in [-0.1, -0.05) is 35.9 Å². The molecule has 0 bridgehead atoms. The Hall–Kier alpha value is -1.31. The normalized spacial score (nSPS) is 15.8. The third-order valence-corrected chi connectivity index (χ3v) is 4.54. The fraction of sp³-hybridized carbons (Fsp3) is 0.333. The summed E-state index contributed by atoms with van der Waals surface area (Å²) in [4.78, 5) is 0. The maximum Gasteiger partial charge on any atom is 0.0554 e. The van der Waals surface area contributed by atoms with Gasteiger partial charge in [-0.2, -0.15) is 0 Å². The number of hydrogen-bond acceptors (Lipinski definition) is 1. The minimum absolute atomic E-state index is 0.0964. The summed E-state index contributed by atoms with van der Waals surface area (Å²) >= 11 is 6.11. The highest BCUT2D eigenvalue weighted by Gasteiger charge is 2.15. The summed E-state index contributed by atoms with van der Waals surface area (Å²) in [7, 11) is 0. The van der Waals surface area contributed by atoms with Gasteiger partial charge in [-0.15, -0.1) is 0 Å². The second-order valence-corrected chi connectivity index (χ2v) is 6.15. The topological polar surface area (TPSA) is 26.0 Å². The van der Waals surface area contributed by atoms with Gasteiger partial charge in [0.2, 0.25) is 0 Å². The van der Waals surface area contributed by atoms with Crippen LogP contribution in [-0.2, 0) is 12.8 Å². The van der Waals surface area contributed by atoms with E-state index in [-0.39, 0.29) is 6.04 Å². The van der Waals surface area contributed by atoms with Gasteiger partial charge in [-0.3, -0.25) is 0 Å². The van der Waals surface area contributed by atoms with Crippen molar-refractivity contribution in [2.24, 2.45) is 5.73 Å². The van der Waals surface area contributed by atoms with E-state index in [2.05, 4.69) is 25.1 Å². The van der Waals surface area contributed by atoms with E-state index in [0.29, 0.717) is 0 Å². The van der Waals surface area contributed by atoms with Crippen molar-refractivity contribution in [1.82, 2.24) is 0 Å². The molecule has 1 nitrogen and oxygen atoms in total. The molecule has 0 amide bonds. The molecule has 1 unspecified atom stereocenters. The van der Waals surface area contributed by atoms with Crippen LogP contribution in [-0.4, -0.2) is 0 Å². The third kappa shape index (κ3) is 2.61. The molecule has 0 heterocycles. The monoisotopic (exact) mass is 285 g/mol. The fourth-order valence-electron chi connectivity index (χ4n) is 3.07. The average Bonchev–Trinajstić information content (AvgIpc) is 2.48. The van der Waals surface area contributed by atoms with Crippen molar-refractivity contribution >= 4 is 11.6 Å². The predicted molar refractivity (Wildman–Crippen MR) is 85.3 cm³/mol. The Bertz CT molecular complexity index is 633. The summed E-state index contributed by atoms with van der Waals surface area (Å²) in [6.07, 6.45) is 5.00. The molecule has 1 aliphatic rings. The van der Waals surface area contributed by atoms with E-state index < -0.39 is 0 Å². The van der Waals surface area contributed by atoms with Crippen molar-refractivity contribution in [2.45, 2.75) is 38.6 Å². The second kappa shape index (κ2) is 5.59. The Morgan fingerprint density at radius 1 is 1.00 bits per heavy atom. The van der Waals surface area contributed by atoms with E-state index in [4.69, 9.17) is 17.3 Å². The van der Waals surface area contributed by atoms with Gasteiger partial charge in [0.15, 0.2) is 0 Å². The maximum atomic E-state index is 6.46. The van der Waals surface area contributed by atoms with Crippen LogP contribution < -0.4 is 5.73 Å². The van der Waals surface area contributed by atoms with Crippen molar-refractivity contribution in [1.29, 1.82) is 0 Å². The minimum Gasteiger partial charge on any atom is -0.320 e. The summed E-state index contributed by atoms with van der Waals surface area (Å²) in [5, 5.41) is 0.749. The number of hydrogen-bond donors (Lipinski definition) is 1. The Balaban J connectivity index is 1.97. The molecule has 0 fully saturated rings. The quantitative estimate of drug-likeness (QED) is 0.859. The Labute approximate surface area is 125 Å². The number of halogens is 1. The van der Waals surface area contributed by atoms with Crippen LogP contribution >= 0.6 is 11.6 Å². The lowest BCUT2D eigenvalue weighted by atomic mass is 9.87. The molecule has 0 aliphatic heterocycles. The van der Waals surface area contributed by atoms with Crippen molar-refractivity contribution in [2.75, 3.05) is 0 Å². The fourth-order valence-corrected chi connectivity index (χ4v) is 3.25. The first-order valence-electron chi connectivity index (χ1n) is 7.28. The van der Waals surface area contributed by atoms with Crippen LogP contribution in [0.1, 0.15) is 46.7 Å². The van der Waals surface area contributed by atoms with E-state index in [1.807, 2.05) is 18.2 Å². The number of rotatable bonds is 2. The number of fused-ring (bicyclic) bond motifs is 1. The van der Waals surface area contributed by atoms with Crippen LogP contribution in [0, 0.1) is 6.92 Å². The number of benzene rings is 2. The van der Waals surface area contributed by atoms with Crippen LogP contribution in [0.5, 0.6) is 0 Å². The van der Waals surface area contributed by atoms with Gasteiger partial charge in [0.25, 0.3) is 0 Å². The highest BCUT2D eigenvalue weighted by atomic mass is 35.5. The molecule has 0 saturated heterocycles. The zero-order chi connectivity index (χ0) is 14.1. The number of nitrogens with two attached hydrogens (primary N) is 1. The van der Waals surface area contributed by atoms with Gasteiger partial charge >= 0.3 is 0 Å². The second-order valence-electron chi connectivity index (χ2n) is 5.71. The molecular weight excluding hydrogens is 266 g/mol. The standard InChI is InChI=1S/C18H20ClN/c1-12-6-9-16(19)11-17(12)18(20)15-8-7-13-4-2-3-5-14(13)10-15/h6-11,18H,2-5,20H2,1H3. The van der Waals surface area contributed by atoms with Crippen LogP contribution in [0.25, 0.3) is 0 Å². The predicted octanol–water partition coefficient (Wildman–Crippen LogP) is 4.58. The Kier molecular flexibility index (Phi) is 3.82. The van der Waals surface area contributed by atoms with E-state index >= 15 is 0 Å². The third-order valence-electron chi connectivity index (χ3n) is 4.31. The molecule has 2 aromatic rings. The largest absolute Gasteiger partial charge is 0.320 e. The molecule has 0 radical (unpaired) electrons. The molecule has 1 aliphatic carbocycles. The zero-order valence-electron chi connectivity index (χ0n) is 11.8. The van der Waals surface area contributed by atoms with E-state index in [1.165, 1.54) is 47.9 Å². The smallest absolute Gasteiger partial charge is 0.0554 e. The van der Waals surface area contributed by atoms with Crippen LogP contribution in [0.15, 0.2) is 36.4 Å². The molecule has 2 heteroatoms. The van der Waals surface area contributed by atoms with Crippen molar-refractivity contribution < 1.29 is 0 Å². The molecule has 1 atom stereocenters. The minimum atomic E-state index is -0.0964. The van der Waals surface area contributed by atoms with Gasteiger partial charge in [-0.25, -0.2) is 0 Å². The number of aryl methyl sites for hydroxylation is 3. The lowest BCUT2D eigenvalue weighted by molar-refractivity contribution is 0.682. The molecule has 20 heavy (non-hydrogen) atoms. The van der Waals surface area contributed by atoms with Gasteiger partial charge in [0.1, 0.15) is 0 Å². The van der Waals surface area contributed by atoms with Crippen molar-refractivity contribution in [3.63, 3.8) is 0 Å². The van der Waals surface area contributed by atoms with E-state index in [9.17, 15) is 0 Å². The summed E-state index contributed by atoms with van der Waals surface area (Å²) in [6.45, 7) is 2.09. The van der Waals surface area contributed by atoms with Gasteiger partial charge < -0.3 is 5.73 Å². The molecule has 2 N–H and O–H groups in total. The molecule has 0 spiro atoms. The van der Waals surface area contributed by atoms with Crippen molar-refractivity contribution in [3.8, 4) is 0 Å². The summed E-state index contributed by atoms with van der Waals surface area (Å²) in [6, 6.07) is 12.6. The van der Waals surface area contributed by atoms with Gasteiger partial charge in [0.05, 0.1) is 6.04 Å². The maximum absolute atomic E-state index is 6.46. The molecule has 3 rings (SSSR count). The Morgan fingerprint density at radius 2 is 1.75 bits per heavy atom. The first-order valence-corrected chi connectivity index (χ1v) is 7.66. The highest BCUT2D eigenvalue weighted by molar-refractivity contribution is 6.30. The molecular formula is C18H20ClN. The van der Waals surface area contributed by atoms with Crippen LogP contribution in [0.4, 0.5) is 0 Å². The summed E-state index contributed by atoms with van der Waals surface area (Å²) in [5.41, 5.74) is 12.9. The zero-order valence-corrected chi connectivity index (χ0v) is 12.6. The average molecular weight is 286 g/mol. The summed E-state index contributed by atoms with van der Waals surface area (Å²) < 4.78 is 0. The van der Waals surface area contributed by atoms with Gasteiger partial charge in [0, 0.05) is 5.02 Å². The molecule has 0 saturated carbocycles. The first-order chi connectivity index (χ1) is 9.65. The van der Waals surface area contributed by atoms with Crippen molar-refractivity contribution in [3.05, 3.63) is 69.2 Å². The van der Waals surface area contributed by atoms with Crippen LogP contribution in [0.3, 0.4) is 0 Å². The lowest BCUT2D eigenvalue weighted by Gasteiger charge is -2.20. The van der Waals surface area contributed by atoms with Crippen LogP contribution in [0.2, 0.25) is 5.02 Å². The van der Waals surface area contributed by atoms with E-state index in [0.717, 1.165) is 10.6 Å². The van der Waals surface area contributed by atoms with Gasteiger partial charge in [-0.05, 0) is 72.6 Å². The molecule has 2 aromatic carbocycles. The Morgan fingerprint density at radius 3 is 2.55 bits per heavy atom.